The number of hydrogen-bond donors (Lipinski definition) is 1. The van der Waals surface area contributed by atoms with Gasteiger partial charge in [-0.05, 0) is 50.5 Å². The van der Waals surface area contributed by atoms with Crippen molar-refractivity contribution in [2.24, 2.45) is 17.6 Å². The monoisotopic (exact) mass is 252 g/mol. The molecular weight excluding hydrogens is 220 g/mol. The second-order valence-corrected chi connectivity index (χ2v) is 6.97. The second-order valence-electron chi connectivity index (χ2n) is 6.97. The normalized spacial score (nSPS) is 37.8. The Kier molecular flexibility index (Phi) is 4.71. The van der Waals surface area contributed by atoms with Gasteiger partial charge in [-0.3, -0.25) is 4.90 Å². The molecule has 0 spiro atoms. The average molecular weight is 252 g/mol. The first kappa shape index (κ1) is 14.3. The summed E-state index contributed by atoms with van der Waals surface area (Å²) in [4.78, 5) is 2.82. The van der Waals surface area contributed by atoms with Crippen LogP contribution in [0.2, 0.25) is 0 Å². The molecule has 1 aliphatic heterocycles. The van der Waals surface area contributed by atoms with E-state index >= 15 is 0 Å². The number of nitrogens with two attached hydrogens (primary N) is 1. The summed E-state index contributed by atoms with van der Waals surface area (Å²) in [7, 11) is 0. The largest absolute Gasteiger partial charge is 0.329 e. The van der Waals surface area contributed by atoms with E-state index in [1.165, 1.54) is 51.5 Å². The summed E-state index contributed by atoms with van der Waals surface area (Å²) in [6.45, 7) is 9.22. The van der Waals surface area contributed by atoms with Gasteiger partial charge in [-0.2, -0.15) is 0 Å². The first-order valence-corrected chi connectivity index (χ1v) is 8.10. The molecule has 1 unspecified atom stereocenters. The van der Waals surface area contributed by atoms with Crippen LogP contribution >= 0.6 is 0 Å². The number of hydrogen-bond acceptors (Lipinski definition) is 2. The Morgan fingerprint density at radius 2 is 2.00 bits per heavy atom. The molecule has 2 nitrogen and oxygen atoms in total. The van der Waals surface area contributed by atoms with Crippen molar-refractivity contribution in [1.29, 1.82) is 0 Å². The molecule has 1 atom stereocenters. The van der Waals surface area contributed by atoms with Crippen LogP contribution in [-0.2, 0) is 0 Å². The molecule has 2 rings (SSSR count). The molecule has 2 aliphatic rings. The summed E-state index contributed by atoms with van der Waals surface area (Å²) in [6.07, 6.45) is 9.60. The molecule has 1 saturated carbocycles. The van der Waals surface area contributed by atoms with Crippen molar-refractivity contribution in [2.45, 2.75) is 77.3 Å². The third-order valence-corrected chi connectivity index (χ3v) is 5.47. The van der Waals surface area contributed by atoms with Crippen molar-refractivity contribution in [3.63, 3.8) is 0 Å². The van der Waals surface area contributed by atoms with Gasteiger partial charge < -0.3 is 5.73 Å². The van der Waals surface area contributed by atoms with Gasteiger partial charge in [-0.15, -0.1) is 0 Å². The fraction of sp³-hybridized carbons (Fsp3) is 1.00. The molecule has 2 heteroatoms. The van der Waals surface area contributed by atoms with E-state index in [4.69, 9.17) is 5.73 Å². The third-order valence-electron chi connectivity index (χ3n) is 5.47. The Balaban J connectivity index is 2.02. The van der Waals surface area contributed by atoms with E-state index in [9.17, 15) is 0 Å². The summed E-state index contributed by atoms with van der Waals surface area (Å²) in [5.74, 6) is 1.75. The van der Waals surface area contributed by atoms with Crippen LogP contribution in [-0.4, -0.2) is 29.6 Å². The predicted molar refractivity (Wildman–Crippen MR) is 78.6 cm³/mol. The zero-order chi connectivity index (χ0) is 13.2. The van der Waals surface area contributed by atoms with Gasteiger partial charge in [-0.25, -0.2) is 0 Å². The maximum Gasteiger partial charge on any atom is 0.0340 e. The van der Waals surface area contributed by atoms with Crippen molar-refractivity contribution in [2.75, 3.05) is 13.1 Å². The van der Waals surface area contributed by atoms with E-state index in [0.29, 0.717) is 5.54 Å². The fourth-order valence-electron chi connectivity index (χ4n) is 4.16. The number of piperidine rings is 1. The van der Waals surface area contributed by atoms with Crippen LogP contribution in [0.4, 0.5) is 0 Å². The lowest BCUT2D eigenvalue weighted by Crippen LogP contribution is -2.66. The zero-order valence-electron chi connectivity index (χ0n) is 12.6. The Hall–Kier alpha value is -0.0800. The van der Waals surface area contributed by atoms with Crippen molar-refractivity contribution in [3.05, 3.63) is 0 Å². The van der Waals surface area contributed by atoms with Crippen molar-refractivity contribution >= 4 is 0 Å². The van der Waals surface area contributed by atoms with E-state index in [1.54, 1.807) is 0 Å². The summed E-state index contributed by atoms with van der Waals surface area (Å²) < 4.78 is 0. The Labute approximate surface area is 113 Å². The van der Waals surface area contributed by atoms with Gasteiger partial charge in [-0.1, -0.05) is 33.6 Å². The lowest BCUT2D eigenvalue weighted by Gasteiger charge is -2.59. The Bertz CT molecular complexity index is 254. The minimum Gasteiger partial charge on any atom is -0.329 e. The van der Waals surface area contributed by atoms with Crippen molar-refractivity contribution in [3.8, 4) is 0 Å². The highest BCUT2D eigenvalue weighted by molar-refractivity contribution is 5.06. The Morgan fingerprint density at radius 3 is 2.56 bits per heavy atom. The highest BCUT2D eigenvalue weighted by atomic mass is 15.3. The molecule has 0 aromatic rings. The minimum absolute atomic E-state index is 0.370. The predicted octanol–water partition coefficient (Wildman–Crippen LogP) is 3.40. The summed E-state index contributed by atoms with van der Waals surface area (Å²) in [6, 6.07) is 0.820. The van der Waals surface area contributed by atoms with Crippen LogP contribution in [0.5, 0.6) is 0 Å². The summed E-state index contributed by atoms with van der Waals surface area (Å²) in [5.41, 5.74) is 6.55. The fourth-order valence-corrected chi connectivity index (χ4v) is 4.16. The van der Waals surface area contributed by atoms with Crippen molar-refractivity contribution < 1.29 is 0 Å². The number of likely N-dealkylation sites (tertiary alicyclic amines) is 1. The van der Waals surface area contributed by atoms with Gasteiger partial charge in [0.25, 0.3) is 0 Å². The van der Waals surface area contributed by atoms with Crippen LogP contribution < -0.4 is 5.73 Å². The molecule has 1 heterocycles. The SMILES string of the molecule is CCCC1CCCCN1C1(CN)CC(C(C)C)C1. The molecule has 0 radical (unpaired) electrons. The molecule has 2 N–H and O–H groups in total. The molecule has 0 aromatic carbocycles. The van der Waals surface area contributed by atoms with Gasteiger partial charge in [0, 0.05) is 18.1 Å². The van der Waals surface area contributed by atoms with Crippen LogP contribution in [0.25, 0.3) is 0 Å². The molecule has 1 saturated heterocycles. The van der Waals surface area contributed by atoms with Crippen molar-refractivity contribution in [1.82, 2.24) is 4.90 Å². The van der Waals surface area contributed by atoms with Gasteiger partial charge in [0.05, 0.1) is 0 Å². The van der Waals surface area contributed by atoms with Gasteiger partial charge in [0.15, 0.2) is 0 Å². The molecule has 1 aliphatic carbocycles. The maximum atomic E-state index is 6.18. The highest BCUT2D eigenvalue weighted by Gasteiger charge is 2.50. The quantitative estimate of drug-likeness (QED) is 0.812. The van der Waals surface area contributed by atoms with E-state index < -0.39 is 0 Å². The number of nitrogens with zero attached hydrogens (tertiary/aromatic N) is 1. The summed E-state index contributed by atoms with van der Waals surface area (Å²) in [5, 5.41) is 0. The van der Waals surface area contributed by atoms with E-state index in [2.05, 4.69) is 25.7 Å². The average Bonchev–Trinajstić information content (AvgIpc) is 2.30. The molecule has 2 fully saturated rings. The second kappa shape index (κ2) is 5.92. The molecule has 0 amide bonds. The topological polar surface area (TPSA) is 29.3 Å². The standard InChI is InChI=1S/C16H32N2/c1-4-7-15-8-5-6-9-18(15)16(12-17)10-14(11-16)13(2)3/h13-15H,4-12,17H2,1-3H3. The van der Waals surface area contributed by atoms with Crippen LogP contribution in [0.1, 0.15) is 65.7 Å². The Morgan fingerprint density at radius 1 is 1.28 bits per heavy atom. The zero-order valence-corrected chi connectivity index (χ0v) is 12.6. The molecule has 0 bridgehead atoms. The lowest BCUT2D eigenvalue weighted by molar-refractivity contribution is -0.0740. The maximum absolute atomic E-state index is 6.18. The van der Waals surface area contributed by atoms with E-state index in [0.717, 1.165) is 24.4 Å². The molecule has 106 valence electrons. The van der Waals surface area contributed by atoms with Crippen LogP contribution in [0.3, 0.4) is 0 Å². The first-order chi connectivity index (χ1) is 8.63. The van der Waals surface area contributed by atoms with Gasteiger partial charge in [0.2, 0.25) is 0 Å². The van der Waals surface area contributed by atoms with Crippen LogP contribution in [0.15, 0.2) is 0 Å². The molecule has 18 heavy (non-hydrogen) atoms. The minimum atomic E-state index is 0.370. The third kappa shape index (κ3) is 2.60. The van der Waals surface area contributed by atoms with E-state index in [1.807, 2.05) is 0 Å². The lowest BCUT2D eigenvalue weighted by atomic mass is 9.62. The summed E-state index contributed by atoms with van der Waals surface area (Å²) >= 11 is 0. The van der Waals surface area contributed by atoms with Crippen LogP contribution in [0, 0.1) is 11.8 Å². The molecular formula is C16H32N2. The van der Waals surface area contributed by atoms with Gasteiger partial charge in [0.1, 0.15) is 0 Å². The molecule has 0 aromatic heterocycles. The van der Waals surface area contributed by atoms with E-state index in [-0.39, 0.29) is 0 Å². The highest BCUT2D eigenvalue weighted by Crippen LogP contribution is 2.47. The smallest absolute Gasteiger partial charge is 0.0340 e. The number of rotatable bonds is 5. The first-order valence-electron chi connectivity index (χ1n) is 8.10. The van der Waals surface area contributed by atoms with Gasteiger partial charge >= 0.3 is 0 Å².